The molecule has 0 fully saturated rings. The number of carbonyl (C=O) groups is 1. The van der Waals surface area contributed by atoms with Gasteiger partial charge in [-0.25, -0.2) is 0 Å². The Kier molecular flexibility index (Phi) is 4.52. The molecule has 0 unspecified atom stereocenters. The number of carbonyl (C=O) groups excluding carboxylic acids is 1. The molecule has 0 amide bonds. The lowest BCUT2D eigenvalue weighted by atomic mass is 10.1. The van der Waals surface area contributed by atoms with Crippen LogP contribution in [0.2, 0.25) is 0 Å². The van der Waals surface area contributed by atoms with E-state index in [0.29, 0.717) is 12.2 Å². The molecule has 2 rings (SSSR count). The van der Waals surface area contributed by atoms with Gasteiger partial charge in [-0.1, -0.05) is 30.3 Å². The highest BCUT2D eigenvalue weighted by Gasteiger charge is 2.08. The Balaban J connectivity index is 2.07. The van der Waals surface area contributed by atoms with E-state index >= 15 is 0 Å². The van der Waals surface area contributed by atoms with Gasteiger partial charge >= 0.3 is 0 Å². The molecular formula is C17H15NO2. The van der Waals surface area contributed by atoms with Crippen molar-refractivity contribution in [1.82, 2.24) is 0 Å². The third kappa shape index (κ3) is 3.46. The fourth-order valence-electron chi connectivity index (χ4n) is 1.89. The summed E-state index contributed by atoms with van der Waals surface area (Å²) < 4.78 is 5.74. The smallest absolute Gasteiger partial charge is 0.176 e. The monoisotopic (exact) mass is 265 g/mol. The normalized spacial score (nSPS) is 9.80. The molecular weight excluding hydrogens is 250 g/mol. The molecule has 20 heavy (non-hydrogen) atoms. The maximum Gasteiger partial charge on any atom is 0.176 e. The molecule has 0 aliphatic heterocycles. The molecule has 0 radical (unpaired) electrons. The first-order valence-electron chi connectivity index (χ1n) is 6.38. The van der Waals surface area contributed by atoms with E-state index in [9.17, 15) is 4.79 Å². The second-order valence-corrected chi connectivity index (χ2v) is 4.51. The Morgan fingerprint density at radius 2 is 1.95 bits per heavy atom. The van der Waals surface area contributed by atoms with Crippen molar-refractivity contribution in [3.8, 4) is 11.8 Å². The minimum atomic E-state index is -0.162. The van der Waals surface area contributed by atoms with E-state index in [0.717, 1.165) is 16.9 Å². The molecule has 0 aliphatic carbocycles. The van der Waals surface area contributed by atoms with Crippen LogP contribution in [0, 0.1) is 18.3 Å². The van der Waals surface area contributed by atoms with Crippen molar-refractivity contribution < 1.29 is 9.53 Å². The highest BCUT2D eigenvalue weighted by molar-refractivity contribution is 5.97. The van der Waals surface area contributed by atoms with Crippen molar-refractivity contribution in [3.63, 3.8) is 0 Å². The van der Waals surface area contributed by atoms with Crippen molar-refractivity contribution in [1.29, 1.82) is 5.26 Å². The molecule has 0 heterocycles. The molecule has 0 bridgehead atoms. The minimum absolute atomic E-state index is 0.0936. The molecule has 0 aromatic heterocycles. The average Bonchev–Trinajstić information content (AvgIpc) is 2.47. The molecule has 2 aromatic carbocycles. The number of Topliss-reactive ketones (excluding diaryl/α,β-unsaturated/α-hetero) is 1. The van der Waals surface area contributed by atoms with Gasteiger partial charge in [0, 0.05) is 5.56 Å². The summed E-state index contributed by atoms with van der Waals surface area (Å²) in [5, 5.41) is 8.54. The highest BCUT2D eigenvalue weighted by atomic mass is 16.5. The minimum Gasteiger partial charge on any atom is -0.489 e. The first kappa shape index (κ1) is 13.8. The van der Waals surface area contributed by atoms with Gasteiger partial charge in [0.2, 0.25) is 0 Å². The summed E-state index contributed by atoms with van der Waals surface area (Å²) >= 11 is 0. The number of benzene rings is 2. The molecule has 0 spiro atoms. The van der Waals surface area contributed by atoms with Gasteiger partial charge in [0.25, 0.3) is 0 Å². The lowest BCUT2D eigenvalue weighted by molar-refractivity contribution is 0.0997. The van der Waals surface area contributed by atoms with Crippen LogP contribution in [0.15, 0.2) is 48.5 Å². The molecule has 100 valence electrons. The van der Waals surface area contributed by atoms with Gasteiger partial charge in [-0.15, -0.1) is 0 Å². The quantitative estimate of drug-likeness (QED) is 0.775. The van der Waals surface area contributed by atoms with Gasteiger partial charge in [-0.05, 0) is 36.2 Å². The third-order valence-electron chi connectivity index (χ3n) is 2.97. The molecule has 0 saturated carbocycles. The first-order chi connectivity index (χ1) is 9.70. The van der Waals surface area contributed by atoms with Crippen LogP contribution in [0.1, 0.15) is 27.9 Å². The summed E-state index contributed by atoms with van der Waals surface area (Å²) in [6, 6.07) is 17.0. The van der Waals surface area contributed by atoms with Crippen LogP contribution < -0.4 is 4.74 Å². The van der Waals surface area contributed by atoms with Gasteiger partial charge in [-0.2, -0.15) is 5.26 Å². The number of ether oxygens (including phenoxy) is 1. The predicted octanol–water partition coefficient (Wildman–Crippen LogP) is 3.67. The zero-order valence-electron chi connectivity index (χ0n) is 11.3. The van der Waals surface area contributed by atoms with Crippen LogP contribution >= 0.6 is 0 Å². The molecule has 3 nitrogen and oxygen atoms in total. The Hall–Kier alpha value is -2.60. The number of hydrogen-bond donors (Lipinski definition) is 0. The largest absolute Gasteiger partial charge is 0.489 e. The van der Waals surface area contributed by atoms with Crippen LogP contribution in [-0.4, -0.2) is 5.78 Å². The maximum absolute atomic E-state index is 11.6. The fraction of sp³-hybridized carbons (Fsp3) is 0.176. The summed E-state index contributed by atoms with van der Waals surface area (Å²) in [7, 11) is 0. The molecule has 0 aliphatic rings. The summed E-state index contributed by atoms with van der Waals surface area (Å²) in [4.78, 5) is 11.6. The number of rotatable bonds is 5. The lowest BCUT2D eigenvalue weighted by Gasteiger charge is -2.10. The lowest BCUT2D eigenvalue weighted by Crippen LogP contribution is -2.01. The summed E-state index contributed by atoms with van der Waals surface area (Å²) in [6.07, 6.45) is -0.0936. The molecule has 0 saturated heterocycles. The molecule has 2 aromatic rings. The van der Waals surface area contributed by atoms with Crippen LogP contribution in [0.3, 0.4) is 0 Å². The number of aryl methyl sites for hydroxylation is 1. The zero-order valence-corrected chi connectivity index (χ0v) is 11.3. The summed E-state index contributed by atoms with van der Waals surface area (Å²) in [5.74, 6) is 0.590. The molecule has 3 heteroatoms. The van der Waals surface area contributed by atoms with Crippen LogP contribution in [0.25, 0.3) is 0 Å². The number of ketones is 1. The SMILES string of the molecule is Cc1cc(C(=O)CC#N)ccc1OCc1ccccc1. The average molecular weight is 265 g/mol. The molecule has 0 atom stereocenters. The Morgan fingerprint density at radius 1 is 1.20 bits per heavy atom. The van der Waals surface area contributed by atoms with Crippen molar-refractivity contribution >= 4 is 5.78 Å². The Morgan fingerprint density at radius 3 is 2.60 bits per heavy atom. The topological polar surface area (TPSA) is 50.1 Å². The maximum atomic E-state index is 11.6. The second-order valence-electron chi connectivity index (χ2n) is 4.51. The van der Waals surface area contributed by atoms with E-state index in [1.165, 1.54) is 0 Å². The van der Waals surface area contributed by atoms with Gasteiger partial charge in [0.15, 0.2) is 5.78 Å². The third-order valence-corrected chi connectivity index (χ3v) is 2.97. The summed E-state index contributed by atoms with van der Waals surface area (Å²) in [5.41, 5.74) is 2.54. The van der Waals surface area contributed by atoms with Gasteiger partial charge in [-0.3, -0.25) is 4.79 Å². The summed E-state index contributed by atoms with van der Waals surface area (Å²) in [6.45, 7) is 2.39. The van der Waals surface area contributed by atoms with E-state index in [-0.39, 0.29) is 12.2 Å². The number of hydrogen-bond acceptors (Lipinski definition) is 3. The van der Waals surface area contributed by atoms with Crippen LogP contribution in [-0.2, 0) is 6.61 Å². The fourth-order valence-corrected chi connectivity index (χ4v) is 1.89. The second kappa shape index (κ2) is 6.53. The van der Waals surface area contributed by atoms with E-state index in [4.69, 9.17) is 10.00 Å². The van der Waals surface area contributed by atoms with Gasteiger partial charge in [0.05, 0.1) is 12.5 Å². The standard InChI is InChI=1S/C17H15NO2/c1-13-11-15(16(19)9-10-18)7-8-17(13)20-12-14-5-3-2-4-6-14/h2-8,11H,9,12H2,1H3. The van der Waals surface area contributed by atoms with E-state index < -0.39 is 0 Å². The zero-order chi connectivity index (χ0) is 14.4. The number of nitrogens with zero attached hydrogens (tertiary/aromatic N) is 1. The Labute approximate surface area is 118 Å². The van der Waals surface area contributed by atoms with Crippen molar-refractivity contribution in [2.24, 2.45) is 0 Å². The predicted molar refractivity (Wildman–Crippen MR) is 76.5 cm³/mol. The number of nitriles is 1. The van der Waals surface area contributed by atoms with E-state index in [1.807, 2.05) is 43.3 Å². The van der Waals surface area contributed by atoms with E-state index in [2.05, 4.69) is 0 Å². The van der Waals surface area contributed by atoms with E-state index in [1.54, 1.807) is 18.2 Å². The van der Waals surface area contributed by atoms with Crippen LogP contribution in [0.5, 0.6) is 5.75 Å². The van der Waals surface area contributed by atoms with Crippen LogP contribution in [0.4, 0.5) is 0 Å². The van der Waals surface area contributed by atoms with Gasteiger partial charge in [0.1, 0.15) is 12.4 Å². The Bertz CT molecular complexity index is 642. The first-order valence-corrected chi connectivity index (χ1v) is 6.38. The van der Waals surface area contributed by atoms with Gasteiger partial charge < -0.3 is 4.74 Å². The van der Waals surface area contributed by atoms with Crippen molar-refractivity contribution in [2.45, 2.75) is 20.0 Å². The van der Waals surface area contributed by atoms with Crippen molar-refractivity contribution in [2.75, 3.05) is 0 Å². The highest BCUT2D eigenvalue weighted by Crippen LogP contribution is 2.21. The molecule has 0 N–H and O–H groups in total. The van der Waals surface area contributed by atoms with Crippen molar-refractivity contribution in [3.05, 3.63) is 65.2 Å².